The first kappa shape index (κ1) is 29.6. The second-order valence-corrected chi connectivity index (χ2v) is 13.6. The summed E-state index contributed by atoms with van der Waals surface area (Å²) in [5.41, 5.74) is 2.41. The molecule has 0 bridgehead atoms. The van der Waals surface area contributed by atoms with Gasteiger partial charge in [0.1, 0.15) is 11.6 Å². The molecule has 9 heteroatoms. The normalized spacial score (nSPS) is 23.9. The fourth-order valence-corrected chi connectivity index (χ4v) is 7.71. The molecule has 4 fully saturated rings. The van der Waals surface area contributed by atoms with Crippen molar-refractivity contribution in [1.29, 1.82) is 0 Å². The molecule has 2 aromatic carbocycles. The number of carbonyl (C=O) groups excluding carboxylic acids is 3. The number of nitrogens with one attached hydrogen (secondary N) is 2. The smallest absolute Gasteiger partial charge is 0.251 e. The van der Waals surface area contributed by atoms with E-state index in [1.165, 1.54) is 18.9 Å². The largest absolute Gasteiger partial charge is 0.497 e. The molecule has 3 heterocycles. The molecule has 43 heavy (non-hydrogen) atoms. The molecular formula is C34H43FN4O4. The van der Waals surface area contributed by atoms with E-state index < -0.39 is 5.92 Å². The predicted octanol–water partition coefficient (Wildman–Crippen LogP) is 4.64. The monoisotopic (exact) mass is 590 g/mol. The van der Waals surface area contributed by atoms with Gasteiger partial charge in [0.2, 0.25) is 11.8 Å². The van der Waals surface area contributed by atoms with Gasteiger partial charge in [-0.3, -0.25) is 19.7 Å². The Bertz CT molecular complexity index is 1370. The van der Waals surface area contributed by atoms with Gasteiger partial charge >= 0.3 is 0 Å². The molecule has 0 aromatic heterocycles. The number of ether oxygens (including phenoxy) is 1. The van der Waals surface area contributed by atoms with Gasteiger partial charge < -0.3 is 19.9 Å². The average Bonchev–Trinajstić information content (AvgIpc) is 2.98. The molecule has 3 amide bonds. The van der Waals surface area contributed by atoms with Crippen LogP contribution in [0.4, 0.5) is 10.1 Å². The number of amides is 3. The summed E-state index contributed by atoms with van der Waals surface area (Å²) in [6.07, 6.45) is 7.16. The number of carbonyl (C=O) groups is 3. The van der Waals surface area contributed by atoms with Gasteiger partial charge in [-0.05, 0) is 105 Å². The van der Waals surface area contributed by atoms with Crippen molar-refractivity contribution in [3.63, 3.8) is 0 Å². The van der Waals surface area contributed by atoms with E-state index in [9.17, 15) is 14.4 Å². The van der Waals surface area contributed by atoms with Crippen molar-refractivity contribution in [2.24, 2.45) is 10.8 Å². The van der Waals surface area contributed by atoms with Gasteiger partial charge in [0, 0.05) is 37.7 Å². The van der Waals surface area contributed by atoms with Crippen LogP contribution in [-0.4, -0.2) is 68.5 Å². The summed E-state index contributed by atoms with van der Waals surface area (Å²) in [6.45, 7) is 7.21. The lowest BCUT2D eigenvalue weighted by molar-refractivity contribution is -0.134. The lowest BCUT2D eigenvalue weighted by Crippen LogP contribution is -2.56. The number of rotatable bonds is 7. The van der Waals surface area contributed by atoms with Crippen LogP contribution in [0.2, 0.25) is 0 Å². The highest BCUT2D eigenvalue weighted by Crippen LogP contribution is 2.49. The van der Waals surface area contributed by atoms with E-state index in [1.807, 2.05) is 24.3 Å². The van der Waals surface area contributed by atoms with Crippen molar-refractivity contribution in [1.82, 2.24) is 15.5 Å². The minimum atomic E-state index is -0.474. The Hall–Kier alpha value is -3.46. The van der Waals surface area contributed by atoms with E-state index in [0.29, 0.717) is 34.4 Å². The SMILES string of the molecule is COc1cccc(C(=O)NC2CC3(CCN(CC4(C)CCN(c5ccc(C6CCC(=O)NC6=O)cc5F)CC4)CC3)C2)c1. The third kappa shape index (κ3) is 6.42. The third-order valence-electron chi connectivity index (χ3n) is 10.5. The molecule has 3 aliphatic heterocycles. The van der Waals surface area contributed by atoms with Crippen LogP contribution in [0.3, 0.4) is 0 Å². The quantitative estimate of drug-likeness (QED) is 0.457. The zero-order valence-corrected chi connectivity index (χ0v) is 25.3. The number of likely N-dealkylation sites (tertiary alicyclic amines) is 1. The van der Waals surface area contributed by atoms with Gasteiger partial charge in [0.05, 0.1) is 18.7 Å². The van der Waals surface area contributed by atoms with Gasteiger partial charge in [-0.1, -0.05) is 19.1 Å². The first-order valence-electron chi connectivity index (χ1n) is 15.7. The van der Waals surface area contributed by atoms with Crippen LogP contribution in [0.25, 0.3) is 0 Å². The van der Waals surface area contributed by atoms with Crippen LogP contribution < -0.4 is 20.3 Å². The second kappa shape index (κ2) is 11.9. The zero-order valence-electron chi connectivity index (χ0n) is 25.3. The fourth-order valence-electron chi connectivity index (χ4n) is 7.71. The summed E-state index contributed by atoms with van der Waals surface area (Å²) >= 11 is 0. The molecule has 2 aromatic rings. The maximum absolute atomic E-state index is 15.2. The maximum atomic E-state index is 15.2. The van der Waals surface area contributed by atoms with Crippen LogP contribution in [0.1, 0.15) is 80.1 Å². The average molecular weight is 591 g/mol. The summed E-state index contributed by atoms with van der Waals surface area (Å²) in [5.74, 6) is -0.711. The van der Waals surface area contributed by atoms with E-state index >= 15 is 4.39 Å². The van der Waals surface area contributed by atoms with E-state index in [0.717, 1.165) is 58.4 Å². The highest BCUT2D eigenvalue weighted by molar-refractivity contribution is 6.01. The predicted molar refractivity (Wildman–Crippen MR) is 163 cm³/mol. The first-order chi connectivity index (χ1) is 20.6. The van der Waals surface area contributed by atoms with Crippen molar-refractivity contribution in [3.05, 3.63) is 59.4 Å². The number of halogens is 1. The summed E-state index contributed by atoms with van der Waals surface area (Å²) in [6, 6.07) is 12.6. The Morgan fingerprint density at radius 2 is 1.79 bits per heavy atom. The fraction of sp³-hybridized carbons (Fsp3) is 0.559. The molecule has 1 spiro atoms. The summed E-state index contributed by atoms with van der Waals surface area (Å²) in [5, 5.41) is 5.58. The molecule has 4 aliphatic rings. The molecule has 1 atom stereocenters. The molecule has 1 aliphatic carbocycles. The highest BCUT2D eigenvalue weighted by Gasteiger charge is 2.47. The van der Waals surface area contributed by atoms with Gasteiger partial charge in [0.15, 0.2) is 0 Å². The molecule has 8 nitrogen and oxygen atoms in total. The number of nitrogens with zero attached hydrogens (tertiary/aromatic N) is 2. The van der Waals surface area contributed by atoms with Crippen LogP contribution in [0, 0.1) is 16.6 Å². The van der Waals surface area contributed by atoms with Crippen molar-refractivity contribution < 1.29 is 23.5 Å². The standard InChI is InChI=1S/C34H43FN4O4/c1-33(10-16-39(17-11-33)29-8-6-23(19-28(29)35)27-7-9-30(40)37-32(27)42)22-38-14-12-34(13-15-38)20-25(21-34)36-31(41)24-4-3-5-26(18-24)43-2/h3-6,8,18-19,25,27H,7,9-17,20-22H2,1-2H3,(H,36,41)(H,37,40,42). The first-order valence-corrected chi connectivity index (χ1v) is 15.7. The Balaban J connectivity index is 0.950. The minimum Gasteiger partial charge on any atom is -0.497 e. The molecule has 3 saturated heterocycles. The molecule has 1 saturated carbocycles. The molecule has 2 N–H and O–H groups in total. The molecule has 1 unspecified atom stereocenters. The summed E-state index contributed by atoms with van der Waals surface area (Å²) < 4.78 is 20.5. The zero-order chi connectivity index (χ0) is 30.2. The van der Waals surface area contributed by atoms with Crippen LogP contribution >= 0.6 is 0 Å². The number of anilines is 1. The number of hydrogen-bond donors (Lipinski definition) is 2. The minimum absolute atomic E-state index is 0.0272. The Labute approximate surface area is 253 Å². The van der Waals surface area contributed by atoms with Gasteiger partial charge in [0.25, 0.3) is 5.91 Å². The Kier molecular flexibility index (Phi) is 8.20. The number of hydrogen-bond acceptors (Lipinski definition) is 6. The molecule has 6 rings (SSSR count). The van der Waals surface area contributed by atoms with Crippen LogP contribution in [0.15, 0.2) is 42.5 Å². The van der Waals surface area contributed by atoms with Crippen molar-refractivity contribution in [3.8, 4) is 5.75 Å². The van der Waals surface area contributed by atoms with E-state index in [2.05, 4.69) is 27.4 Å². The Morgan fingerprint density at radius 3 is 2.47 bits per heavy atom. The number of piperidine rings is 3. The topological polar surface area (TPSA) is 91.0 Å². The number of imide groups is 1. The number of methoxy groups -OCH3 is 1. The van der Waals surface area contributed by atoms with Gasteiger partial charge in [-0.25, -0.2) is 4.39 Å². The second-order valence-electron chi connectivity index (χ2n) is 13.6. The Morgan fingerprint density at radius 1 is 1.05 bits per heavy atom. The third-order valence-corrected chi connectivity index (χ3v) is 10.5. The molecular weight excluding hydrogens is 547 g/mol. The van der Waals surface area contributed by atoms with Crippen molar-refractivity contribution in [2.75, 3.05) is 44.7 Å². The maximum Gasteiger partial charge on any atom is 0.251 e. The van der Waals surface area contributed by atoms with E-state index in [-0.39, 0.29) is 41.4 Å². The van der Waals surface area contributed by atoms with Crippen molar-refractivity contribution in [2.45, 2.75) is 70.3 Å². The number of benzene rings is 2. The lowest BCUT2D eigenvalue weighted by atomic mass is 9.60. The van der Waals surface area contributed by atoms with Crippen LogP contribution in [0.5, 0.6) is 5.75 Å². The molecule has 0 radical (unpaired) electrons. The summed E-state index contributed by atoms with van der Waals surface area (Å²) in [7, 11) is 1.61. The van der Waals surface area contributed by atoms with Crippen LogP contribution in [-0.2, 0) is 9.59 Å². The lowest BCUT2D eigenvalue weighted by Gasteiger charge is -2.53. The molecule has 230 valence electrons. The van der Waals surface area contributed by atoms with Gasteiger partial charge in [-0.15, -0.1) is 0 Å². The van der Waals surface area contributed by atoms with E-state index in [1.54, 1.807) is 19.2 Å². The van der Waals surface area contributed by atoms with Crippen molar-refractivity contribution >= 4 is 23.4 Å². The van der Waals surface area contributed by atoms with E-state index in [4.69, 9.17) is 4.74 Å². The highest BCUT2D eigenvalue weighted by atomic mass is 19.1. The van der Waals surface area contributed by atoms with Gasteiger partial charge in [-0.2, -0.15) is 0 Å². The summed E-state index contributed by atoms with van der Waals surface area (Å²) in [4.78, 5) is 41.1.